The van der Waals surface area contributed by atoms with Crippen LogP contribution in [-0.2, 0) is 4.79 Å². The summed E-state index contributed by atoms with van der Waals surface area (Å²) in [5.41, 5.74) is 0.0468. The van der Waals surface area contributed by atoms with Gasteiger partial charge in [-0.05, 0) is 50.3 Å². The Balaban J connectivity index is 1.60. The number of rotatable bonds is 6. The molecule has 2 N–H and O–H groups in total. The van der Waals surface area contributed by atoms with E-state index in [0.29, 0.717) is 19.6 Å². The van der Waals surface area contributed by atoms with E-state index >= 15 is 0 Å². The molecule has 2 saturated heterocycles. The molecule has 3 rings (SSSR count). The average Bonchev–Trinajstić information content (AvgIpc) is 3.26. The molecule has 0 radical (unpaired) electrons. The summed E-state index contributed by atoms with van der Waals surface area (Å²) >= 11 is 0. The smallest absolute Gasteiger partial charge is 0.311 e. The van der Waals surface area contributed by atoms with Gasteiger partial charge in [0, 0.05) is 31.3 Å². The Bertz CT molecular complexity index is 748. The van der Waals surface area contributed by atoms with E-state index in [9.17, 15) is 19.7 Å². The van der Waals surface area contributed by atoms with Crippen LogP contribution in [0, 0.1) is 16.0 Å². The largest absolute Gasteiger partial charge is 0.490 e. The Kier molecular flexibility index (Phi) is 6.45. The first-order valence-corrected chi connectivity index (χ1v) is 9.62. The molecule has 2 aliphatic rings. The zero-order valence-corrected chi connectivity index (χ0v) is 16.0. The number of methoxy groups -OCH3 is 1. The number of benzene rings is 1. The van der Waals surface area contributed by atoms with E-state index in [1.165, 1.54) is 19.2 Å². The van der Waals surface area contributed by atoms with Crippen molar-refractivity contribution in [3.05, 3.63) is 33.9 Å². The predicted octanol–water partition coefficient (Wildman–Crippen LogP) is 1.32. The van der Waals surface area contributed by atoms with Crippen LogP contribution in [0.15, 0.2) is 18.2 Å². The molecule has 2 heterocycles. The number of nitro benzene ring substituents is 1. The van der Waals surface area contributed by atoms with Gasteiger partial charge in [-0.25, -0.2) is 0 Å². The maximum absolute atomic E-state index is 12.8. The number of nitrogens with one attached hydrogen (secondary N) is 2. The van der Waals surface area contributed by atoms with Crippen molar-refractivity contribution in [1.82, 2.24) is 15.5 Å². The van der Waals surface area contributed by atoms with Crippen LogP contribution in [0.25, 0.3) is 0 Å². The summed E-state index contributed by atoms with van der Waals surface area (Å²) in [6, 6.07) is 4.15. The van der Waals surface area contributed by atoms with Crippen molar-refractivity contribution in [2.45, 2.75) is 31.7 Å². The van der Waals surface area contributed by atoms with Gasteiger partial charge in [0.1, 0.15) is 0 Å². The number of carbonyl (C=O) groups excluding carboxylic acids is 2. The minimum atomic E-state index is -0.554. The third-order valence-electron chi connectivity index (χ3n) is 5.37. The van der Waals surface area contributed by atoms with Crippen molar-refractivity contribution in [2.24, 2.45) is 5.92 Å². The fourth-order valence-electron chi connectivity index (χ4n) is 3.84. The number of ether oxygens (including phenoxy) is 1. The average molecular weight is 390 g/mol. The summed E-state index contributed by atoms with van der Waals surface area (Å²) in [4.78, 5) is 37.3. The summed E-state index contributed by atoms with van der Waals surface area (Å²) in [6.07, 6.45) is 3.65. The maximum atomic E-state index is 12.8. The second-order valence-corrected chi connectivity index (χ2v) is 7.30. The van der Waals surface area contributed by atoms with Crippen molar-refractivity contribution in [3.8, 4) is 5.75 Å². The summed E-state index contributed by atoms with van der Waals surface area (Å²) in [5, 5.41) is 17.4. The first kappa shape index (κ1) is 20.1. The van der Waals surface area contributed by atoms with Crippen LogP contribution in [0.4, 0.5) is 5.69 Å². The first-order valence-electron chi connectivity index (χ1n) is 9.62. The number of likely N-dealkylation sites (tertiary alicyclic amines) is 1. The molecule has 0 saturated carbocycles. The Hall–Kier alpha value is -2.68. The molecule has 0 aliphatic carbocycles. The molecule has 0 spiro atoms. The Morgan fingerprint density at radius 2 is 2.18 bits per heavy atom. The quantitative estimate of drug-likeness (QED) is 0.559. The van der Waals surface area contributed by atoms with Gasteiger partial charge < -0.3 is 20.3 Å². The van der Waals surface area contributed by atoms with E-state index in [0.717, 1.165) is 32.2 Å². The minimum absolute atomic E-state index is 0.0201. The van der Waals surface area contributed by atoms with Gasteiger partial charge in [0.15, 0.2) is 5.75 Å². The molecule has 2 atom stereocenters. The number of piperidine rings is 1. The van der Waals surface area contributed by atoms with E-state index < -0.39 is 4.92 Å². The van der Waals surface area contributed by atoms with Crippen molar-refractivity contribution in [1.29, 1.82) is 0 Å². The van der Waals surface area contributed by atoms with Crippen molar-refractivity contribution in [3.63, 3.8) is 0 Å². The third-order valence-corrected chi connectivity index (χ3v) is 5.37. The second-order valence-electron chi connectivity index (χ2n) is 7.30. The molecular weight excluding hydrogens is 364 g/mol. The molecule has 0 aromatic heterocycles. The first-order chi connectivity index (χ1) is 13.5. The van der Waals surface area contributed by atoms with Crippen LogP contribution in [0.3, 0.4) is 0 Å². The lowest BCUT2D eigenvalue weighted by atomic mass is 9.97. The lowest BCUT2D eigenvalue weighted by Crippen LogP contribution is -2.46. The fourth-order valence-corrected chi connectivity index (χ4v) is 3.84. The highest BCUT2D eigenvalue weighted by Gasteiger charge is 2.28. The molecule has 2 fully saturated rings. The maximum Gasteiger partial charge on any atom is 0.311 e. The molecule has 1 aromatic rings. The van der Waals surface area contributed by atoms with Gasteiger partial charge >= 0.3 is 5.69 Å². The van der Waals surface area contributed by atoms with E-state index in [1.54, 1.807) is 11.0 Å². The summed E-state index contributed by atoms with van der Waals surface area (Å²) in [7, 11) is 1.36. The summed E-state index contributed by atoms with van der Waals surface area (Å²) < 4.78 is 4.99. The molecule has 9 heteroatoms. The highest BCUT2D eigenvalue weighted by molar-refractivity contribution is 5.95. The van der Waals surface area contributed by atoms with Gasteiger partial charge in [-0.3, -0.25) is 19.7 Å². The van der Waals surface area contributed by atoms with Crippen molar-refractivity contribution < 1.29 is 19.2 Å². The van der Waals surface area contributed by atoms with E-state index in [2.05, 4.69) is 10.6 Å². The number of nitro groups is 1. The molecule has 9 nitrogen and oxygen atoms in total. The van der Waals surface area contributed by atoms with Gasteiger partial charge in [-0.2, -0.15) is 0 Å². The molecule has 0 bridgehead atoms. The van der Waals surface area contributed by atoms with Crippen LogP contribution < -0.4 is 15.4 Å². The Morgan fingerprint density at radius 1 is 1.36 bits per heavy atom. The molecule has 2 unspecified atom stereocenters. The third kappa shape index (κ3) is 4.59. The second kappa shape index (κ2) is 9.01. The molecule has 28 heavy (non-hydrogen) atoms. The van der Waals surface area contributed by atoms with Crippen LogP contribution in [0.2, 0.25) is 0 Å². The van der Waals surface area contributed by atoms with Gasteiger partial charge in [0.2, 0.25) is 5.91 Å². The zero-order valence-electron chi connectivity index (χ0n) is 16.0. The lowest BCUT2D eigenvalue weighted by Gasteiger charge is -2.33. The lowest BCUT2D eigenvalue weighted by molar-refractivity contribution is -0.385. The highest BCUT2D eigenvalue weighted by atomic mass is 16.6. The minimum Gasteiger partial charge on any atom is -0.490 e. The van der Waals surface area contributed by atoms with Crippen LogP contribution >= 0.6 is 0 Å². The van der Waals surface area contributed by atoms with Gasteiger partial charge in [-0.1, -0.05) is 0 Å². The molecule has 1 aromatic carbocycles. The molecular formula is C19H26N4O5. The Morgan fingerprint density at radius 3 is 2.86 bits per heavy atom. The number of hydrogen-bond acceptors (Lipinski definition) is 6. The van der Waals surface area contributed by atoms with Crippen LogP contribution in [0.1, 0.15) is 36.0 Å². The summed E-state index contributed by atoms with van der Waals surface area (Å²) in [6.45, 7) is 2.53. The Labute approximate surface area is 163 Å². The van der Waals surface area contributed by atoms with Crippen LogP contribution in [-0.4, -0.2) is 61.0 Å². The number of hydrogen-bond donors (Lipinski definition) is 2. The molecule has 2 aliphatic heterocycles. The van der Waals surface area contributed by atoms with Gasteiger partial charge in [-0.15, -0.1) is 0 Å². The van der Waals surface area contributed by atoms with Gasteiger partial charge in [0.05, 0.1) is 18.1 Å². The number of carbonyl (C=O) groups is 2. The number of amides is 2. The zero-order chi connectivity index (χ0) is 20.1. The van der Waals surface area contributed by atoms with Crippen molar-refractivity contribution >= 4 is 17.5 Å². The normalized spacial score (nSPS) is 22.0. The monoisotopic (exact) mass is 390 g/mol. The highest BCUT2D eigenvalue weighted by Crippen LogP contribution is 2.28. The molecule has 152 valence electrons. The molecule has 2 amide bonds. The van der Waals surface area contributed by atoms with Gasteiger partial charge in [0.25, 0.3) is 5.91 Å². The van der Waals surface area contributed by atoms with E-state index in [1.807, 2.05) is 0 Å². The standard InChI is InChI=1S/C19H26N4O5/c1-28-17-7-6-14(10-16(17)23(26)27)19(25)22-9-3-4-13(12-22)11-21-18(24)15-5-2-8-20-15/h6-7,10,13,15,20H,2-5,8-9,11-12H2,1H3,(H,21,24). The van der Waals surface area contributed by atoms with E-state index in [4.69, 9.17) is 4.74 Å². The van der Waals surface area contributed by atoms with Crippen molar-refractivity contribution in [2.75, 3.05) is 33.3 Å². The SMILES string of the molecule is COc1ccc(C(=O)N2CCCC(CNC(=O)C3CCCN3)C2)cc1[N+](=O)[O-]. The van der Waals surface area contributed by atoms with E-state index in [-0.39, 0.29) is 40.8 Å². The fraction of sp³-hybridized carbons (Fsp3) is 0.579. The predicted molar refractivity (Wildman–Crippen MR) is 102 cm³/mol. The topological polar surface area (TPSA) is 114 Å². The number of nitrogens with zero attached hydrogens (tertiary/aromatic N) is 2. The van der Waals surface area contributed by atoms with Crippen LogP contribution in [0.5, 0.6) is 5.75 Å². The summed E-state index contributed by atoms with van der Waals surface area (Å²) in [5.74, 6) is 0.0866.